The Hall–Kier alpha value is -1.35. The van der Waals surface area contributed by atoms with Crippen LogP contribution in [0.1, 0.15) is 18.4 Å². The van der Waals surface area contributed by atoms with Crippen molar-refractivity contribution >= 4 is 23.4 Å². The zero-order valence-electron chi connectivity index (χ0n) is 9.44. The molecule has 4 rings (SSSR count). The zero-order chi connectivity index (χ0) is 12.2. The van der Waals surface area contributed by atoms with Gasteiger partial charge in [0.15, 0.2) is 0 Å². The Kier molecular flexibility index (Phi) is 2.11. The van der Waals surface area contributed by atoms with Crippen LogP contribution in [0.25, 0.3) is 0 Å². The summed E-state index contributed by atoms with van der Waals surface area (Å²) in [4.78, 5) is 25.2. The highest BCUT2D eigenvalue weighted by Gasteiger charge is 2.60. The van der Waals surface area contributed by atoms with Gasteiger partial charge in [-0.1, -0.05) is 23.7 Å². The standard InChI is InChI=1S/C13H12ClNO2/c1-15-11(16)8-6-13(7-8,12(15)17)9-2-4-10(14)5-3-9/h2-5,8H,6-7H2,1H3. The number of imide groups is 1. The number of halogens is 1. The predicted octanol–water partition coefficient (Wildman–Crippen LogP) is 1.99. The quantitative estimate of drug-likeness (QED) is 0.714. The summed E-state index contributed by atoms with van der Waals surface area (Å²) in [6.45, 7) is 0. The van der Waals surface area contributed by atoms with Crippen LogP contribution in [0.2, 0.25) is 5.02 Å². The fraction of sp³-hybridized carbons (Fsp3) is 0.385. The van der Waals surface area contributed by atoms with Crippen LogP contribution >= 0.6 is 11.6 Å². The van der Waals surface area contributed by atoms with Crippen molar-refractivity contribution in [3.05, 3.63) is 34.9 Å². The van der Waals surface area contributed by atoms with E-state index in [9.17, 15) is 9.59 Å². The van der Waals surface area contributed by atoms with Crippen molar-refractivity contribution in [1.82, 2.24) is 4.90 Å². The molecule has 0 aromatic heterocycles. The molecule has 0 atom stereocenters. The van der Waals surface area contributed by atoms with Gasteiger partial charge in [0, 0.05) is 18.0 Å². The van der Waals surface area contributed by atoms with Gasteiger partial charge in [-0.3, -0.25) is 14.5 Å². The first-order chi connectivity index (χ1) is 8.04. The molecular formula is C13H12ClNO2. The van der Waals surface area contributed by atoms with Crippen molar-refractivity contribution in [2.75, 3.05) is 7.05 Å². The number of benzene rings is 1. The first kappa shape index (κ1) is 10.8. The van der Waals surface area contributed by atoms with Crippen LogP contribution < -0.4 is 0 Å². The second kappa shape index (κ2) is 3.33. The van der Waals surface area contributed by atoms with Gasteiger partial charge in [0.1, 0.15) is 0 Å². The maximum atomic E-state index is 12.3. The molecule has 0 spiro atoms. The minimum Gasteiger partial charge on any atom is -0.285 e. The first-order valence-corrected chi connectivity index (χ1v) is 6.00. The molecule has 88 valence electrons. The number of amides is 2. The van der Waals surface area contributed by atoms with Gasteiger partial charge in [-0.25, -0.2) is 0 Å². The molecule has 2 bridgehead atoms. The molecule has 3 aliphatic rings. The van der Waals surface area contributed by atoms with Crippen molar-refractivity contribution < 1.29 is 9.59 Å². The van der Waals surface area contributed by atoms with E-state index in [-0.39, 0.29) is 17.7 Å². The number of carbonyl (C=O) groups is 2. The highest BCUT2D eigenvalue weighted by atomic mass is 35.5. The third-order valence-electron chi connectivity index (χ3n) is 3.98. The Morgan fingerprint density at radius 1 is 1.24 bits per heavy atom. The lowest BCUT2D eigenvalue weighted by Gasteiger charge is -2.52. The fourth-order valence-electron chi connectivity index (χ4n) is 2.95. The second-order valence-corrected chi connectivity index (χ2v) is 5.33. The van der Waals surface area contributed by atoms with Gasteiger partial charge in [-0.2, -0.15) is 0 Å². The Morgan fingerprint density at radius 3 is 2.41 bits per heavy atom. The summed E-state index contributed by atoms with van der Waals surface area (Å²) in [7, 11) is 1.57. The highest BCUT2D eigenvalue weighted by molar-refractivity contribution is 6.30. The first-order valence-electron chi connectivity index (χ1n) is 5.63. The second-order valence-electron chi connectivity index (χ2n) is 4.90. The molecule has 1 aromatic carbocycles. The topological polar surface area (TPSA) is 37.4 Å². The molecule has 17 heavy (non-hydrogen) atoms. The zero-order valence-corrected chi connectivity index (χ0v) is 10.2. The van der Waals surface area contributed by atoms with Crippen LogP contribution in [0.15, 0.2) is 24.3 Å². The summed E-state index contributed by atoms with van der Waals surface area (Å²) in [5.74, 6) is -0.0912. The van der Waals surface area contributed by atoms with E-state index in [0.29, 0.717) is 17.9 Å². The number of likely N-dealkylation sites (N-methyl/N-ethyl adjacent to an activating group) is 1. The Bertz CT molecular complexity index is 503. The minimum atomic E-state index is -0.474. The molecule has 2 amide bonds. The highest BCUT2D eigenvalue weighted by Crippen LogP contribution is 2.53. The predicted molar refractivity (Wildman–Crippen MR) is 63.6 cm³/mol. The Labute approximate surface area is 104 Å². The Balaban J connectivity index is 2.01. The van der Waals surface area contributed by atoms with Crippen molar-refractivity contribution in [3.63, 3.8) is 0 Å². The molecule has 4 heteroatoms. The molecule has 1 aromatic rings. The normalized spacial score (nSPS) is 31.4. The van der Waals surface area contributed by atoms with Crippen LogP contribution in [0.5, 0.6) is 0 Å². The van der Waals surface area contributed by atoms with E-state index in [1.54, 1.807) is 19.2 Å². The fourth-order valence-corrected chi connectivity index (χ4v) is 3.08. The summed E-state index contributed by atoms with van der Waals surface area (Å²) in [5.41, 5.74) is 0.500. The van der Waals surface area contributed by atoms with Crippen molar-refractivity contribution in [2.45, 2.75) is 18.3 Å². The lowest BCUT2D eigenvalue weighted by molar-refractivity contribution is -0.166. The van der Waals surface area contributed by atoms with Gasteiger partial charge in [-0.05, 0) is 30.5 Å². The van der Waals surface area contributed by atoms with Gasteiger partial charge in [-0.15, -0.1) is 0 Å². The Morgan fingerprint density at radius 2 is 1.82 bits per heavy atom. The molecule has 1 saturated carbocycles. The molecule has 0 unspecified atom stereocenters. The van der Waals surface area contributed by atoms with Gasteiger partial charge in [0.05, 0.1) is 5.41 Å². The third-order valence-corrected chi connectivity index (χ3v) is 4.23. The number of nitrogens with zero attached hydrogens (tertiary/aromatic N) is 1. The summed E-state index contributed by atoms with van der Waals surface area (Å²) in [6.07, 6.45) is 1.30. The maximum Gasteiger partial charge on any atom is 0.239 e. The number of fused-ring (bicyclic) bond motifs is 2. The average molecular weight is 250 g/mol. The molecule has 2 saturated heterocycles. The molecule has 2 heterocycles. The lowest BCUT2D eigenvalue weighted by Crippen LogP contribution is -2.64. The van der Waals surface area contributed by atoms with E-state index >= 15 is 0 Å². The molecule has 3 fully saturated rings. The largest absolute Gasteiger partial charge is 0.285 e. The lowest BCUT2D eigenvalue weighted by atomic mass is 9.55. The number of piperidine rings is 2. The summed E-state index contributed by atoms with van der Waals surface area (Å²) < 4.78 is 0. The molecule has 3 nitrogen and oxygen atoms in total. The van der Waals surface area contributed by atoms with Gasteiger partial charge in [0.2, 0.25) is 11.8 Å². The average Bonchev–Trinajstić information content (AvgIpc) is 2.26. The molecule has 2 aliphatic heterocycles. The molecular weight excluding hydrogens is 238 g/mol. The molecule has 0 N–H and O–H groups in total. The SMILES string of the molecule is CN1C(=O)C2CC(c3ccc(Cl)cc3)(C2)C1=O. The van der Waals surface area contributed by atoms with E-state index in [2.05, 4.69) is 0 Å². The molecule has 1 aliphatic carbocycles. The van der Waals surface area contributed by atoms with Crippen LogP contribution in [0.3, 0.4) is 0 Å². The van der Waals surface area contributed by atoms with Gasteiger partial charge in [0.25, 0.3) is 0 Å². The van der Waals surface area contributed by atoms with E-state index in [1.807, 2.05) is 12.1 Å². The summed E-state index contributed by atoms with van der Waals surface area (Å²) in [6, 6.07) is 7.37. The smallest absolute Gasteiger partial charge is 0.239 e. The van der Waals surface area contributed by atoms with E-state index in [0.717, 1.165) is 5.56 Å². The van der Waals surface area contributed by atoms with Crippen LogP contribution in [-0.2, 0) is 15.0 Å². The van der Waals surface area contributed by atoms with E-state index in [4.69, 9.17) is 11.6 Å². The monoisotopic (exact) mass is 249 g/mol. The number of hydrogen-bond acceptors (Lipinski definition) is 2. The van der Waals surface area contributed by atoms with Crippen LogP contribution in [-0.4, -0.2) is 23.8 Å². The van der Waals surface area contributed by atoms with Crippen molar-refractivity contribution in [1.29, 1.82) is 0 Å². The number of rotatable bonds is 1. The number of hydrogen-bond donors (Lipinski definition) is 0. The third kappa shape index (κ3) is 1.29. The van der Waals surface area contributed by atoms with Crippen LogP contribution in [0, 0.1) is 5.92 Å². The summed E-state index contributed by atoms with van der Waals surface area (Å²) in [5, 5.41) is 0.661. The molecule has 0 radical (unpaired) electrons. The van der Waals surface area contributed by atoms with Gasteiger partial charge >= 0.3 is 0 Å². The van der Waals surface area contributed by atoms with E-state index < -0.39 is 5.41 Å². The van der Waals surface area contributed by atoms with Crippen molar-refractivity contribution in [2.24, 2.45) is 5.92 Å². The summed E-state index contributed by atoms with van der Waals surface area (Å²) >= 11 is 5.85. The maximum absolute atomic E-state index is 12.3. The number of carbonyl (C=O) groups excluding carboxylic acids is 2. The van der Waals surface area contributed by atoms with Crippen LogP contribution in [0.4, 0.5) is 0 Å². The minimum absolute atomic E-state index is 0.0216. The van der Waals surface area contributed by atoms with Gasteiger partial charge < -0.3 is 0 Å². The van der Waals surface area contributed by atoms with Crippen molar-refractivity contribution in [3.8, 4) is 0 Å². The van der Waals surface area contributed by atoms with E-state index in [1.165, 1.54) is 4.90 Å².